The lowest BCUT2D eigenvalue weighted by Crippen LogP contribution is -2.33. The Balaban J connectivity index is 2.75. The van der Waals surface area contributed by atoms with Crippen molar-refractivity contribution in [1.29, 1.82) is 0 Å². The number of nitrogens with zero attached hydrogens (tertiary/aromatic N) is 1. The first kappa shape index (κ1) is 15.5. The highest BCUT2D eigenvalue weighted by Crippen LogP contribution is 2.22. The maximum Gasteiger partial charge on any atom is 0.0325 e. The standard InChI is InChI=1S/C15H25BrN2/c1-4-6-9-18(12(3)5-2)11-13-7-8-14(17)10-15(13)16/h7-8,10,12H,4-6,9,11,17H2,1-3H3. The molecule has 0 amide bonds. The summed E-state index contributed by atoms with van der Waals surface area (Å²) in [6.07, 6.45) is 3.70. The first-order valence-corrected chi connectivity index (χ1v) is 7.65. The predicted octanol–water partition coefficient (Wildman–Crippen LogP) is 4.43. The highest BCUT2D eigenvalue weighted by molar-refractivity contribution is 9.10. The van der Waals surface area contributed by atoms with Crippen LogP contribution in [-0.2, 0) is 6.54 Å². The van der Waals surface area contributed by atoms with Crippen molar-refractivity contribution in [3.05, 3.63) is 28.2 Å². The summed E-state index contributed by atoms with van der Waals surface area (Å²) in [5.41, 5.74) is 7.92. The Hall–Kier alpha value is -0.540. The lowest BCUT2D eigenvalue weighted by atomic mass is 10.1. The van der Waals surface area contributed by atoms with Crippen molar-refractivity contribution in [3.63, 3.8) is 0 Å². The van der Waals surface area contributed by atoms with Crippen LogP contribution in [0, 0.1) is 0 Å². The number of nitrogens with two attached hydrogens (primary N) is 1. The fourth-order valence-electron chi connectivity index (χ4n) is 1.99. The van der Waals surface area contributed by atoms with Crippen LogP contribution in [0.1, 0.15) is 45.6 Å². The molecule has 0 bridgehead atoms. The van der Waals surface area contributed by atoms with Gasteiger partial charge in [0, 0.05) is 22.7 Å². The number of nitrogen functional groups attached to an aromatic ring is 1. The summed E-state index contributed by atoms with van der Waals surface area (Å²) in [6.45, 7) is 8.97. The minimum absolute atomic E-state index is 0.626. The SMILES string of the molecule is CCCCN(Cc1ccc(N)cc1Br)C(C)CC. The lowest BCUT2D eigenvalue weighted by molar-refractivity contribution is 0.192. The van der Waals surface area contributed by atoms with Crippen molar-refractivity contribution in [1.82, 2.24) is 4.90 Å². The molecule has 1 atom stereocenters. The van der Waals surface area contributed by atoms with E-state index in [1.54, 1.807) is 0 Å². The van der Waals surface area contributed by atoms with Gasteiger partial charge in [0.05, 0.1) is 0 Å². The molecule has 18 heavy (non-hydrogen) atoms. The summed E-state index contributed by atoms with van der Waals surface area (Å²) in [4.78, 5) is 2.56. The van der Waals surface area contributed by atoms with Crippen LogP contribution in [0.25, 0.3) is 0 Å². The number of anilines is 1. The highest BCUT2D eigenvalue weighted by Gasteiger charge is 2.13. The van der Waals surface area contributed by atoms with E-state index in [2.05, 4.69) is 47.7 Å². The van der Waals surface area contributed by atoms with E-state index in [1.165, 1.54) is 31.4 Å². The van der Waals surface area contributed by atoms with Crippen LogP contribution in [0.3, 0.4) is 0 Å². The third-order valence-corrected chi connectivity index (χ3v) is 4.20. The minimum Gasteiger partial charge on any atom is -0.399 e. The number of unbranched alkanes of at least 4 members (excludes halogenated alkanes) is 1. The number of hydrogen-bond acceptors (Lipinski definition) is 2. The molecular formula is C15H25BrN2. The third kappa shape index (κ3) is 4.62. The summed E-state index contributed by atoms with van der Waals surface area (Å²) in [7, 11) is 0. The van der Waals surface area contributed by atoms with Gasteiger partial charge in [0.25, 0.3) is 0 Å². The molecule has 2 N–H and O–H groups in total. The number of benzene rings is 1. The van der Waals surface area contributed by atoms with Gasteiger partial charge < -0.3 is 5.73 Å². The zero-order valence-corrected chi connectivity index (χ0v) is 13.3. The largest absolute Gasteiger partial charge is 0.399 e. The van der Waals surface area contributed by atoms with Gasteiger partial charge in [0.1, 0.15) is 0 Å². The van der Waals surface area contributed by atoms with Crippen LogP contribution in [-0.4, -0.2) is 17.5 Å². The van der Waals surface area contributed by atoms with E-state index in [9.17, 15) is 0 Å². The van der Waals surface area contributed by atoms with E-state index in [4.69, 9.17) is 5.73 Å². The smallest absolute Gasteiger partial charge is 0.0325 e. The van der Waals surface area contributed by atoms with Crippen LogP contribution in [0.2, 0.25) is 0 Å². The maximum atomic E-state index is 5.78. The topological polar surface area (TPSA) is 29.3 Å². The van der Waals surface area contributed by atoms with E-state index in [1.807, 2.05) is 12.1 Å². The van der Waals surface area contributed by atoms with Gasteiger partial charge in [0.2, 0.25) is 0 Å². The molecule has 0 saturated heterocycles. The first-order chi connectivity index (χ1) is 8.58. The van der Waals surface area contributed by atoms with Gasteiger partial charge in [-0.25, -0.2) is 0 Å². The molecule has 1 rings (SSSR count). The van der Waals surface area contributed by atoms with Crippen LogP contribution in [0.15, 0.2) is 22.7 Å². The Morgan fingerprint density at radius 3 is 2.61 bits per heavy atom. The van der Waals surface area contributed by atoms with Crippen molar-refractivity contribution >= 4 is 21.6 Å². The molecule has 1 aromatic rings. The van der Waals surface area contributed by atoms with Crippen molar-refractivity contribution in [2.24, 2.45) is 0 Å². The van der Waals surface area contributed by atoms with Crippen molar-refractivity contribution in [3.8, 4) is 0 Å². The molecule has 2 nitrogen and oxygen atoms in total. The summed E-state index contributed by atoms with van der Waals surface area (Å²) < 4.78 is 1.12. The average Bonchev–Trinajstić information content (AvgIpc) is 2.36. The second kappa shape index (κ2) is 7.80. The van der Waals surface area contributed by atoms with Crippen molar-refractivity contribution in [2.45, 2.75) is 52.6 Å². The molecule has 1 unspecified atom stereocenters. The Labute approximate surface area is 120 Å². The van der Waals surface area contributed by atoms with Gasteiger partial charge in [-0.3, -0.25) is 4.90 Å². The summed E-state index contributed by atoms with van der Waals surface area (Å²) in [6, 6.07) is 6.72. The van der Waals surface area contributed by atoms with Crippen LogP contribution < -0.4 is 5.73 Å². The van der Waals surface area contributed by atoms with Gasteiger partial charge in [-0.05, 0) is 44.0 Å². The van der Waals surface area contributed by atoms with Gasteiger partial charge in [-0.1, -0.05) is 42.3 Å². The number of rotatable bonds is 7. The Morgan fingerprint density at radius 2 is 2.06 bits per heavy atom. The van der Waals surface area contributed by atoms with Gasteiger partial charge >= 0.3 is 0 Å². The maximum absolute atomic E-state index is 5.78. The molecule has 0 fully saturated rings. The summed E-state index contributed by atoms with van der Waals surface area (Å²) >= 11 is 3.61. The fourth-order valence-corrected chi connectivity index (χ4v) is 2.51. The number of hydrogen-bond donors (Lipinski definition) is 1. The van der Waals surface area contributed by atoms with Crippen LogP contribution in [0.4, 0.5) is 5.69 Å². The van der Waals surface area contributed by atoms with E-state index < -0.39 is 0 Å². The average molecular weight is 313 g/mol. The molecule has 0 saturated carbocycles. The quantitative estimate of drug-likeness (QED) is 0.754. The minimum atomic E-state index is 0.626. The Kier molecular flexibility index (Phi) is 6.72. The molecule has 0 radical (unpaired) electrons. The Bertz CT molecular complexity index is 366. The van der Waals surface area contributed by atoms with Crippen LogP contribution in [0.5, 0.6) is 0 Å². The molecule has 0 aliphatic rings. The molecule has 3 heteroatoms. The van der Waals surface area contributed by atoms with E-state index in [0.29, 0.717) is 6.04 Å². The Morgan fingerprint density at radius 1 is 1.33 bits per heavy atom. The van der Waals surface area contributed by atoms with E-state index >= 15 is 0 Å². The van der Waals surface area contributed by atoms with Gasteiger partial charge in [-0.15, -0.1) is 0 Å². The first-order valence-electron chi connectivity index (χ1n) is 6.86. The zero-order valence-electron chi connectivity index (χ0n) is 11.7. The van der Waals surface area contributed by atoms with Crippen molar-refractivity contribution in [2.75, 3.05) is 12.3 Å². The van der Waals surface area contributed by atoms with E-state index in [-0.39, 0.29) is 0 Å². The van der Waals surface area contributed by atoms with Gasteiger partial charge in [0.15, 0.2) is 0 Å². The lowest BCUT2D eigenvalue weighted by Gasteiger charge is -2.28. The molecule has 0 aromatic heterocycles. The molecular weight excluding hydrogens is 288 g/mol. The van der Waals surface area contributed by atoms with E-state index in [0.717, 1.165) is 16.7 Å². The molecule has 102 valence electrons. The van der Waals surface area contributed by atoms with Crippen molar-refractivity contribution < 1.29 is 0 Å². The third-order valence-electron chi connectivity index (χ3n) is 3.46. The highest BCUT2D eigenvalue weighted by atomic mass is 79.9. The van der Waals surface area contributed by atoms with Gasteiger partial charge in [-0.2, -0.15) is 0 Å². The van der Waals surface area contributed by atoms with Crippen LogP contribution >= 0.6 is 15.9 Å². The summed E-state index contributed by atoms with van der Waals surface area (Å²) in [5.74, 6) is 0. The second-order valence-electron chi connectivity index (χ2n) is 4.93. The monoisotopic (exact) mass is 312 g/mol. The zero-order chi connectivity index (χ0) is 13.5. The molecule has 0 spiro atoms. The molecule has 0 aliphatic heterocycles. The predicted molar refractivity (Wildman–Crippen MR) is 83.6 cm³/mol. The molecule has 0 heterocycles. The fraction of sp³-hybridized carbons (Fsp3) is 0.600. The molecule has 1 aromatic carbocycles. The second-order valence-corrected chi connectivity index (χ2v) is 5.79. The summed E-state index contributed by atoms with van der Waals surface area (Å²) in [5, 5.41) is 0. The molecule has 0 aliphatic carbocycles. The number of halogens is 1. The normalized spacial score (nSPS) is 12.9.